The Morgan fingerprint density at radius 1 is 1.38 bits per heavy atom. The molecule has 0 unspecified atom stereocenters. The molecule has 1 aliphatic rings. The van der Waals surface area contributed by atoms with E-state index in [0.717, 1.165) is 25.7 Å². The third kappa shape index (κ3) is 4.19. The summed E-state index contributed by atoms with van der Waals surface area (Å²) in [5.41, 5.74) is 1.67. The lowest BCUT2D eigenvalue weighted by molar-refractivity contribution is -0.127. The highest BCUT2D eigenvalue weighted by Gasteiger charge is 2.24. The van der Waals surface area contributed by atoms with E-state index in [1.807, 2.05) is 4.57 Å². The van der Waals surface area contributed by atoms with E-state index in [-0.39, 0.29) is 17.6 Å². The van der Waals surface area contributed by atoms with Crippen LogP contribution in [0, 0.1) is 23.1 Å². The summed E-state index contributed by atoms with van der Waals surface area (Å²) in [5.74, 6) is 0.285. The quantitative estimate of drug-likeness (QED) is 0.600. The number of hydrogen-bond donors (Lipinski definition) is 2. The summed E-state index contributed by atoms with van der Waals surface area (Å²) in [5, 5.41) is 16.0. The van der Waals surface area contributed by atoms with Crippen molar-refractivity contribution >= 4 is 28.6 Å². The summed E-state index contributed by atoms with van der Waals surface area (Å²) in [6.45, 7) is 1.19. The van der Waals surface area contributed by atoms with Gasteiger partial charge in [-0.3, -0.25) is 4.79 Å². The summed E-state index contributed by atoms with van der Waals surface area (Å²) in [6, 6.07) is 8.21. The average molecular weight is 392 g/mol. The van der Waals surface area contributed by atoms with Crippen LogP contribution in [-0.2, 0) is 11.3 Å². The number of carbonyl (C=O) groups excluding carboxylic acids is 1. The Bertz CT molecular complexity index is 1080. The Morgan fingerprint density at radius 2 is 2.24 bits per heavy atom. The highest BCUT2D eigenvalue weighted by atomic mass is 19.1. The van der Waals surface area contributed by atoms with E-state index >= 15 is 0 Å². The minimum Gasteiger partial charge on any atom is -0.356 e. The van der Waals surface area contributed by atoms with Crippen LogP contribution in [-0.4, -0.2) is 27.0 Å². The zero-order valence-electron chi connectivity index (χ0n) is 15.9. The minimum absolute atomic E-state index is 0.134. The predicted octanol–water partition coefficient (Wildman–Crippen LogP) is 3.49. The predicted molar refractivity (Wildman–Crippen MR) is 107 cm³/mol. The first-order valence-electron chi connectivity index (χ1n) is 9.70. The number of halogens is 1. The minimum atomic E-state index is -0.352. The molecule has 1 fully saturated rings. The van der Waals surface area contributed by atoms with Gasteiger partial charge in [0.15, 0.2) is 0 Å². The van der Waals surface area contributed by atoms with Crippen LogP contribution in [0.1, 0.15) is 31.2 Å². The molecular weight excluding hydrogens is 371 g/mol. The van der Waals surface area contributed by atoms with Crippen molar-refractivity contribution < 1.29 is 9.18 Å². The van der Waals surface area contributed by atoms with Crippen molar-refractivity contribution in [1.29, 1.82) is 5.26 Å². The summed E-state index contributed by atoms with van der Waals surface area (Å²) < 4.78 is 15.3. The van der Waals surface area contributed by atoms with Crippen LogP contribution in [0.3, 0.4) is 0 Å². The Balaban J connectivity index is 1.47. The molecule has 0 atom stereocenters. The number of nitrogens with zero attached hydrogens (tertiary/aromatic N) is 4. The van der Waals surface area contributed by atoms with Gasteiger partial charge in [0, 0.05) is 37.1 Å². The number of aromatic nitrogens is 3. The van der Waals surface area contributed by atoms with Crippen molar-refractivity contribution in [3.63, 3.8) is 0 Å². The highest BCUT2D eigenvalue weighted by Crippen LogP contribution is 2.26. The number of hydrogen-bond acceptors (Lipinski definition) is 5. The van der Waals surface area contributed by atoms with Gasteiger partial charge in [-0.05, 0) is 37.5 Å². The van der Waals surface area contributed by atoms with E-state index in [2.05, 4.69) is 26.7 Å². The van der Waals surface area contributed by atoms with Gasteiger partial charge in [-0.25, -0.2) is 9.37 Å². The van der Waals surface area contributed by atoms with Crippen molar-refractivity contribution in [3.05, 3.63) is 48.0 Å². The molecule has 1 saturated carbocycles. The van der Waals surface area contributed by atoms with Crippen LogP contribution in [0.2, 0.25) is 0 Å². The van der Waals surface area contributed by atoms with Crippen LogP contribution < -0.4 is 10.6 Å². The second-order valence-corrected chi connectivity index (χ2v) is 7.19. The topological polar surface area (TPSA) is 95.6 Å². The molecule has 2 heterocycles. The molecule has 0 spiro atoms. The number of anilines is 2. The molecular formula is C21H21FN6O. The molecule has 0 bridgehead atoms. The second kappa shape index (κ2) is 8.27. The number of fused-ring (bicyclic) bond motifs is 1. The number of rotatable bonds is 7. The zero-order chi connectivity index (χ0) is 20.2. The molecule has 148 valence electrons. The molecule has 7 nitrogen and oxygen atoms in total. The van der Waals surface area contributed by atoms with Crippen LogP contribution in [0.25, 0.3) is 11.0 Å². The van der Waals surface area contributed by atoms with Crippen molar-refractivity contribution in [2.75, 3.05) is 11.9 Å². The fraction of sp³-hybridized carbons (Fsp3) is 0.333. The smallest absolute Gasteiger partial charge is 0.229 e. The molecule has 2 aromatic heterocycles. The van der Waals surface area contributed by atoms with E-state index in [4.69, 9.17) is 0 Å². The molecule has 0 radical (unpaired) electrons. The number of nitrogens with one attached hydrogen (secondary N) is 2. The first-order chi connectivity index (χ1) is 14.1. The Morgan fingerprint density at radius 3 is 2.97 bits per heavy atom. The van der Waals surface area contributed by atoms with Crippen LogP contribution in [0.4, 0.5) is 16.0 Å². The number of benzene rings is 1. The lowest BCUT2D eigenvalue weighted by atomic mass is 9.85. The van der Waals surface area contributed by atoms with Crippen molar-refractivity contribution in [3.8, 4) is 6.07 Å². The van der Waals surface area contributed by atoms with E-state index < -0.39 is 0 Å². The Hall–Kier alpha value is -3.47. The lowest BCUT2D eigenvalue weighted by Gasteiger charge is -2.24. The first kappa shape index (κ1) is 18.9. The summed E-state index contributed by atoms with van der Waals surface area (Å²) in [7, 11) is 0. The van der Waals surface area contributed by atoms with Crippen LogP contribution in [0.15, 0.2) is 36.7 Å². The molecule has 1 aromatic carbocycles. The largest absolute Gasteiger partial charge is 0.356 e. The number of aryl methyl sites for hydroxylation is 1. The van der Waals surface area contributed by atoms with Gasteiger partial charge in [0.25, 0.3) is 0 Å². The number of amides is 1. The van der Waals surface area contributed by atoms with Crippen molar-refractivity contribution in [2.45, 2.75) is 32.2 Å². The molecule has 8 heteroatoms. The van der Waals surface area contributed by atoms with Gasteiger partial charge in [0.05, 0.1) is 10.9 Å². The van der Waals surface area contributed by atoms with E-state index in [9.17, 15) is 14.4 Å². The fourth-order valence-corrected chi connectivity index (χ4v) is 3.36. The van der Waals surface area contributed by atoms with Crippen LogP contribution >= 0.6 is 0 Å². The molecule has 0 saturated heterocycles. The van der Waals surface area contributed by atoms with E-state index in [1.165, 1.54) is 12.1 Å². The molecule has 0 aliphatic heterocycles. The molecule has 2 N–H and O–H groups in total. The van der Waals surface area contributed by atoms with Gasteiger partial charge >= 0.3 is 0 Å². The SMILES string of the molecule is N#Cc1cn(CCCNC(=O)C2CCC2)c2nc(Nc3cccc(F)c3)ncc12. The van der Waals surface area contributed by atoms with E-state index in [0.29, 0.717) is 41.3 Å². The summed E-state index contributed by atoms with van der Waals surface area (Å²) >= 11 is 0. The third-order valence-electron chi connectivity index (χ3n) is 5.17. The van der Waals surface area contributed by atoms with Gasteiger partial charge in [-0.2, -0.15) is 10.2 Å². The maximum Gasteiger partial charge on any atom is 0.229 e. The normalized spacial score (nSPS) is 13.7. The van der Waals surface area contributed by atoms with E-state index in [1.54, 1.807) is 24.5 Å². The first-order valence-corrected chi connectivity index (χ1v) is 9.70. The summed E-state index contributed by atoms with van der Waals surface area (Å²) in [6.07, 6.45) is 7.17. The second-order valence-electron chi connectivity index (χ2n) is 7.19. The van der Waals surface area contributed by atoms with Gasteiger partial charge in [-0.15, -0.1) is 0 Å². The zero-order valence-corrected chi connectivity index (χ0v) is 15.9. The monoisotopic (exact) mass is 392 g/mol. The molecule has 1 aliphatic carbocycles. The van der Waals surface area contributed by atoms with Crippen molar-refractivity contribution in [2.24, 2.45) is 5.92 Å². The highest BCUT2D eigenvalue weighted by molar-refractivity contribution is 5.83. The molecule has 3 aromatic rings. The number of nitriles is 1. The maximum atomic E-state index is 13.4. The van der Waals surface area contributed by atoms with Gasteiger partial charge in [-0.1, -0.05) is 12.5 Å². The Labute approximate surface area is 167 Å². The molecule has 4 rings (SSSR count). The van der Waals surface area contributed by atoms with Gasteiger partial charge in [0.2, 0.25) is 11.9 Å². The molecule has 29 heavy (non-hydrogen) atoms. The lowest BCUT2D eigenvalue weighted by Crippen LogP contribution is -2.35. The Kier molecular flexibility index (Phi) is 5.38. The maximum absolute atomic E-state index is 13.4. The van der Waals surface area contributed by atoms with Crippen molar-refractivity contribution in [1.82, 2.24) is 19.9 Å². The standard InChI is InChI=1S/C21H21FN6O/c22-16-6-2-7-17(10-16)26-21-25-12-18-15(11-23)13-28(19(18)27-21)9-3-8-24-20(29)14-4-1-5-14/h2,6-7,10,12-14H,1,3-5,8-9H2,(H,24,29)(H,25,26,27). The molecule has 1 amide bonds. The van der Waals surface area contributed by atoms with Gasteiger partial charge in [0.1, 0.15) is 17.5 Å². The van der Waals surface area contributed by atoms with Gasteiger partial charge < -0.3 is 15.2 Å². The van der Waals surface area contributed by atoms with Crippen LogP contribution in [0.5, 0.6) is 0 Å². The average Bonchev–Trinajstić information content (AvgIpc) is 3.01. The number of carbonyl (C=O) groups is 1. The fourth-order valence-electron chi connectivity index (χ4n) is 3.36. The summed E-state index contributed by atoms with van der Waals surface area (Å²) in [4.78, 5) is 20.7. The third-order valence-corrected chi connectivity index (χ3v) is 5.17.